The molecule has 8 heteroatoms. The Kier molecular flexibility index (Phi) is 8.52. The van der Waals surface area contributed by atoms with Crippen LogP contribution in [-0.4, -0.2) is 65.4 Å². The van der Waals surface area contributed by atoms with Crippen LogP contribution in [0.15, 0.2) is 73.1 Å². The van der Waals surface area contributed by atoms with Gasteiger partial charge in [0.25, 0.3) is 0 Å². The number of nitrogens with two attached hydrogens (primary N) is 1. The third-order valence-corrected chi connectivity index (χ3v) is 6.11. The number of nitrogens with one attached hydrogen (secondary N) is 1. The number of amides is 1. The summed E-state index contributed by atoms with van der Waals surface area (Å²) in [5.41, 5.74) is 7.97. The van der Waals surface area contributed by atoms with Gasteiger partial charge in [-0.3, -0.25) is 4.79 Å². The number of hydrogen-bond donors (Lipinski definition) is 2. The van der Waals surface area contributed by atoms with Gasteiger partial charge in [0.2, 0.25) is 5.91 Å². The number of likely N-dealkylation sites (tertiary alicyclic amines) is 1. The number of rotatable bonds is 8. The number of para-hydroxylation sites is 1. The van der Waals surface area contributed by atoms with E-state index >= 15 is 0 Å². The first kappa shape index (κ1) is 25.2. The Bertz CT molecular complexity index is 1160. The number of aromatic nitrogens is 2. The van der Waals surface area contributed by atoms with Gasteiger partial charge in [-0.2, -0.15) is 0 Å². The van der Waals surface area contributed by atoms with Crippen molar-refractivity contribution in [1.29, 1.82) is 0 Å². The number of benzene rings is 2. The highest BCUT2D eigenvalue weighted by atomic mass is 16.5. The molecule has 1 atom stereocenters. The van der Waals surface area contributed by atoms with Crippen LogP contribution in [0.5, 0.6) is 11.5 Å². The van der Waals surface area contributed by atoms with Gasteiger partial charge in [-0.15, -0.1) is 0 Å². The normalized spacial score (nSPS) is 16.2. The molecule has 2 aromatic carbocycles. The van der Waals surface area contributed by atoms with Crippen molar-refractivity contribution in [3.8, 4) is 22.6 Å². The molecule has 1 aliphatic heterocycles. The molecule has 0 radical (unpaired) electrons. The van der Waals surface area contributed by atoms with E-state index in [1.807, 2.05) is 84.6 Å². The van der Waals surface area contributed by atoms with Crippen molar-refractivity contribution in [2.24, 2.45) is 0 Å². The lowest BCUT2D eigenvalue weighted by Gasteiger charge is -2.21. The largest absolute Gasteiger partial charge is 0.457 e. The molecule has 36 heavy (non-hydrogen) atoms. The van der Waals surface area contributed by atoms with Crippen LogP contribution < -0.4 is 15.8 Å². The van der Waals surface area contributed by atoms with E-state index in [1.54, 1.807) is 6.08 Å². The van der Waals surface area contributed by atoms with E-state index in [0.29, 0.717) is 18.2 Å². The average Bonchev–Trinajstić information content (AvgIpc) is 3.11. The first-order valence-electron chi connectivity index (χ1n) is 12.3. The fourth-order valence-electron chi connectivity index (χ4n) is 4.23. The highest BCUT2D eigenvalue weighted by Gasteiger charge is 2.21. The van der Waals surface area contributed by atoms with E-state index in [-0.39, 0.29) is 11.9 Å². The maximum absolute atomic E-state index is 12.6. The maximum Gasteiger partial charge on any atom is 0.246 e. The molecule has 0 bridgehead atoms. The molecule has 3 N–H and O–H groups in total. The summed E-state index contributed by atoms with van der Waals surface area (Å²) in [5.74, 6) is 2.71. The zero-order valence-electron chi connectivity index (χ0n) is 20.9. The van der Waals surface area contributed by atoms with Crippen LogP contribution in [0.1, 0.15) is 19.3 Å². The van der Waals surface area contributed by atoms with Crippen LogP contribution >= 0.6 is 0 Å². The predicted molar refractivity (Wildman–Crippen MR) is 144 cm³/mol. The van der Waals surface area contributed by atoms with Gasteiger partial charge in [0, 0.05) is 31.8 Å². The minimum atomic E-state index is 0.0716. The Morgan fingerprint density at radius 2 is 1.83 bits per heavy atom. The van der Waals surface area contributed by atoms with Crippen molar-refractivity contribution in [1.82, 2.24) is 19.8 Å². The number of hydrogen-bond acceptors (Lipinski definition) is 7. The molecule has 3 aromatic rings. The van der Waals surface area contributed by atoms with Crippen LogP contribution in [0.2, 0.25) is 0 Å². The molecule has 0 aliphatic carbocycles. The Morgan fingerprint density at radius 1 is 1.08 bits per heavy atom. The molecule has 1 aliphatic rings. The number of likely N-dealkylation sites (N-methyl/N-ethyl adjacent to an activating group) is 1. The second-order valence-corrected chi connectivity index (χ2v) is 9.18. The standard InChI is InChI=1S/C28H34N6O2/c1-33(2)17-7-11-25(35)34-18-6-8-22(16-19-34)32-28-26(27(29)30-20-31-28)21-12-14-24(15-13-21)36-23-9-4-3-5-10-23/h3-5,7,9-15,20,22H,6,8,16-19H2,1-2H3,(H3,29,30,31,32). The summed E-state index contributed by atoms with van der Waals surface area (Å²) in [4.78, 5) is 25.3. The van der Waals surface area contributed by atoms with Crippen LogP contribution in [0.4, 0.5) is 11.6 Å². The number of ether oxygens (including phenoxy) is 1. The highest BCUT2D eigenvalue weighted by molar-refractivity contribution is 5.87. The zero-order chi connectivity index (χ0) is 25.3. The number of carbonyl (C=O) groups is 1. The van der Waals surface area contributed by atoms with Gasteiger partial charge in [0.1, 0.15) is 29.5 Å². The van der Waals surface area contributed by atoms with Gasteiger partial charge >= 0.3 is 0 Å². The monoisotopic (exact) mass is 486 g/mol. The van der Waals surface area contributed by atoms with E-state index in [0.717, 1.165) is 55.0 Å². The fourth-order valence-corrected chi connectivity index (χ4v) is 4.23. The quantitative estimate of drug-likeness (QED) is 0.455. The van der Waals surface area contributed by atoms with Crippen LogP contribution in [0.3, 0.4) is 0 Å². The van der Waals surface area contributed by atoms with E-state index in [1.165, 1.54) is 6.33 Å². The summed E-state index contributed by atoms with van der Waals surface area (Å²) in [5, 5.41) is 3.58. The molecule has 4 rings (SSSR count). The molecule has 0 spiro atoms. The van der Waals surface area contributed by atoms with Gasteiger partial charge in [0.15, 0.2) is 0 Å². The molecule has 1 unspecified atom stereocenters. The summed E-state index contributed by atoms with van der Waals surface area (Å²) >= 11 is 0. The number of nitrogen functional groups attached to an aromatic ring is 1. The van der Waals surface area contributed by atoms with Crippen LogP contribution in [-0.2, 0) is 4.79 Å². The van der Waals surface area contributed by atoms with Crippen LogP contribution in [0.25, 0.3) is 11.1 Å². The lowest BCUT2D eigenvalue weighted by atomic mass is 10.0. The SMILES string of the molecule is CN(C)CC=CC(=O)N1CCCC(Nc2ncnc(N)c2-c2ccc(Oc3ccccc3)cc2)CC1. The lowest BCUT2D eigenvalue weighted by Crippen LogP contribution is -2.31. The Morgan fingerprint density at radius 3 is 2.58 bits per heavy atom. The first-order chi connectivity index (χ1) is 17.5. The number of nitrogens with zero attached hydrogens (tertiary/aromatic N) is 4. The van der Waals surface area contributed by atoms with Crippen molar-refractivity contribution >= 4 is 17.5 Å². The molecular formula is C28H34N6O2. The minimum Gasteiger partial charge on any atom is -0.457 e. The molecule has 1 fully saturated rings. The molecular weight excluding hydrogens is 452 g/mol. The molecule has 1 aromatic heterocycles. The molecule has 0 saturated carbocycles. The average molecular weight is 487 g/mol. The number of anilines is 2. The summed E-state index contributed by atoms with van der Waals surface area (Å²) in [6.45, 7) is 2.20. The minimum absolute atomic E-state index is 0.0716. The predicted octanol–water partition coefficient (Wildman–Crippen LogP) is 4.43. The van der Waals surface area contributed by atoms with Crippen molar-refractivity contribution in [3.63, 3.8) is 0 Å². The van der Waals surface area contributed by atoms with Gasteiger partial charge in [-0.25, -0.2) is 9.97 Å². The van der Waals surface area contributed by atoms with Gasteiger partial charge in [-0.05, 0) is 63.2 Å². The third-order valence-electron chi connectivity index (χ3n) is 6.11. The van der Waals surface area contributed by atoms with Crippen molar-refractivity contribution in [2.45, 2.75) is 25.3 Å². The summed E-state index contributed by atoms with van der Waals surface area (Å²) in [7, 11) is 3.97. The fraction of sp³-hybridized carbons (Fsp3) is 0.321. The van der Waals surface area contributed by atoms with Gasteiger partial charge in [-0.1, -0.05) is 36.4 Å². The third kappa shape index (κ3) is 6.82. The van der Waals surface area contributed by atoms with Gasteiger partial charge in [0.05, 0.1) is 5.56 Å². The van der Waals surface area contributed by atoms with Crippen molar-refractivity contribution < 1.29 is 9.53 Å². The van der Waals surface area contributed by atoms with Crippen molar-refractivity contribution in [3.05, 3.63) is 73.1 Å². The van der Waals surface area contributed by atoms with E-state index in [2.05, 4.69) is 15.3 Å². The second-order valence-electron chi connectivity index (χ2n) is 9.18. The van der Waals surface area contributed by atoms with E-state index in [4.69, 9.17) is 10.5 Å². The second kappa shape index (κ2) is 12.2. The Labute approximate surface area is 212 Å². The molecule has 188 valence electrons. The topological polar surface area (TPSA) is 96.6 Å². The van der Waals surface area contributed by atoms with E-state index < -0.39 is 0 Å². The zero-order valence-corrected chi connectivity index (χ0v) is 20.9. The van der Waals surface area contributed by atoms with Crippen molar-refractivity contribution in [2.75, 3.05) is 44.8 Å². The molecule has 2 heterocycles. The molecule has 1 amide bonds. The first-order valence-corrected chi connectivity index (χ1v) is 12.3. The smallest absolute Gasteiger partial charge is 0.246 e. The lowest BCUT2D eigenvalue weighted by molar-refractivity contribution is -0.126. The summed E-state index contributed by atoms with van der Waals surface area (Å²) in [6.07, 6.45) is 7.78. The molecule has 1 saturated heterocycles. The van der Waals surface area contributed by atoms with E-state index in [9.17, 15) is 4.79 Å². The highest BCUT2D eigenvalue weighted by Crippen LogP contribution is 2.33. The number of carbonyl (C=O) groups excluding carboxylic acids is 1. The Balaban J connectivity index is 1.43. The Hall–Kier alpha value is -3.91. The van der Waals surface area contributed by atoms with Crippen LogP contribution in [0, 0.1) is 0 Å². The summed E-state index contributed by atoms with van der Waals surface area (Å²) in [6, 6.07) is 17.6. The summed E-state index contributed by atoms with van der Waals surface area (Å²) < 4.78 is 5.91. The maximum atomic E-state index is 12.6. The molecule has 8 nitrogen and oxygen atoms in total. The van der Waals surface area contributed by atoms with Gasteiger partial charge < -0.3 is 25.6 Å².